The van der Waals surface area contributed by atoms with Gasteiger partial charge in [0.2, 0.25) is 0 Å². The first-order chi connectivity index (χ1) is 3.80. The summed E-state index contributed by atoms with van der Waals surface area (Å²) in [7, 11) is 0. The molecule has 1 aromatic heterocycles. The van der Waals surface area contributed by atoms with Gasteiger partial charge in [0, 0.05) is 6.20 Å². The van der Waals surface area contributed by atoms with E-state index >= 15 is 0 Å². The number of H-pyrrole nitrogens is 1. The Kier molecular flexibility index (Phi) is 4.34. The maximum atomic E-state index is 10.0. The topological polar surface area (TPSA) is 53.1 Å². The molecule has 0 unspecified atom stereocenters. The van der Waals surface area contributed by atoms with Crippen LogP contribution in [0.25, 0.3) is 0 Å². The second-order valence-corrected chi connectivity index (χ2v) is 1.39. The molecule has 0 saturated heterocycles. The molecule has 9 heavy (non-hydrogen) atoms. The number of carboxylic acid groups (broad SMARTS) is 1. The third-order valence-corrected chi connectivity index (χ3v) is 0.828. The molecule has 2 N–H and O–H groups in total. The van der Waals surface area contributed by atoms with Gasteiger partial charge in [-0.25, -0.2) is 4.79 Å². The molecule has 0 spiro atoms. The fourth-order valence-corrected chi connectivity index (χ4v) is 0.463. The number of aromatic nitrogens is 1. The van der Waals surface area contributed by atoms with E-state index in [4.69, 9.17) is 5.11 Å². The molecule has 0 aliphatic heterocycles. The summed E-state index contributed by atoms with van der Waals surface area (Å²) in [6, 6.07) is 3.14. The Morgan fingerprint density at radius 3 is 2.56 bits per heavy atom. The van der Waals surface area contributed by atoms with Crippen LogP contribution in [0.3, 0.4) is 0 Å². The molecule has 0 aliphatic rings. The Morgan fingerprint density at radius 2 is 2.33 bits per heavy atom. The second kappa shape index (κ2) is 4.19. The van der Waals surface area contributed by atoms with Crippen LogP contribution in [0.1, 0.15) is 10.5 Å². The van der Waals surface area contributed by atoms with Gasteiger partial charge in [0.05, 0.1) is 0 Å². The average molecular weight is 250 g/mol. The Bertz CT molecular complexity index is 183. The first kappa shape index (κ1) is 9.32. The van der Waals surface area contributed by atoms with E-state index in [0.717, 1.165) is 0 Å². The molecule has 0 fully saturated rings. The predicted octanol–water partition coefficient (Wildman–Crippen LogP) is -0.203. The van der Waals surface area contributed by atoms with Gasteiger partial charge in [-0.3, -0.25) is 0 Å². The van der Waals surface area contributed by atoms with Crippen LogP contribution in [-0.2, 0) is 0 Å². The zero-order valence-electron chi connectivity index (χ0n) is 4.09. The first-order valence-corrected chi connectivity index (χ1v) is 2.17. The molecule has 0 radical (unpaired) electrons. The number of rotatable bonds is 1. The number of carbonyl (C=O) groups is 1. The summed E-state index contributed by atoms with van der Waals surface area (Å²) < 4.78 is 0. The number of carboxylic acids is 1. The third kappa shape index (κ3) is 2.59. The molecule has 0 aliphatic carbocycles. The van der Waals surface area contributed by atoms with Gasteiger partial charge < -0.3 is 10.1 Å². The summed E-state index contributed by atoms with van der Waals surface area (Å²) in [5.41, 5.74) is 0.227. The Morgan fingerprint density at radius 1 is 1.67 bits per heavy atom. The predicted molar refractivity (Wildman–Crippen MR) is 36.3 cm³/mol. The number of aromatic amines is 1. The van der Waals surface area contributed by atoms with Crippen molar-refractivity contribution < 1.29 is 9.90 Å². The summed E-state index contributed by atoms with van der Waals surface area (Å²) in [5.74, 6) is -0.921. The van der Waals surface area contributed by atoms with Crippen molar-refractivity contribution in [2.24, 2.45) is 0 Å². The van der Waals surface area contributed by atoms with E-state index in [9.17, 15) is 4.79 Å². The van der Waals surface area contributed by atoms with Crippen molar-refractivity contribution in [3.63, 3.8) is 0 Å². The molecular formula is C5H7BaNO2. The van der Waals surface area contributed by atoms with Gasteiger partial charge in [-0.05, 0) is 12.1 Å². The molecule has 0 amide bonds. The number of aromatic carboxylic acids is 1. The fourth-order valence-electron chi connectivity index (χ4n) is 0.463. The van der Waals surface area contributed by atoms with E-state index < -0.39 is 5.97 Å². The molecule has 0 aromatic carbocycles. The molecule has 0 bridgehead atoms. The van der Waals surface area contributed by atoms with Gasteiger partial charge in [-0.1, -0.05) is 0 Å². The monoisotopic (exact) mass is 251 g/mol. The maximum absolute atomic E-state index is 10.0. The first-order valence-electron chi connectivity index (χ1n) is 2.17. The summed E-state index contributed by atoms with van der Waals surface area (Å²) in [4.78, 5) is 12.6. The number of nitrogens with one attached hydrogen (secondary N) is 1. The molecule has 4 heteroatoms. The van der Waals surface area contributed by atoms with Crippen LogP contribution in [0.5, 0.6) is 0 Å². The van der Waals surface area contributed by atoms with Crippen molar-refractivity contribution in [1.82, 2.24) is 4.98 Å². The van der Waals surface area contributed by atoms with Crippen LogP contribution in [0.2, 0.25) is 0 Å². The van der Waals surface area contributed by atoms with Crippen molar-refractivity contribution >= 4 is 54.9 Å². The van der Waals surface area contributed by atoms with Gasteiger partial charge in [0.25, 0.3) is 0 Å². The van der Waals surface area contributed by atoms with Crippen LogP contribution in [0.4, 0.5) is 0 Å². The summed E-state index contributed by atoms with van der Waals surface area (Å²) in [5, 5.41) is 8.24. The van der Waals surface area contributed by atoms with E-state index in [2.05, 4.69) is 4.98 Å². The van der Waals surface area contributed by atoms with E-state index in [0.29, 0.717) is 0 Å². The minimum absolute atomic E-state index is 0. The van der Waals surface area contributed by atoms with Gasteiger partial charge in [0.15, 0.2) is 0 Å². The summed E-state index contributed by atoms with van der Waals surface area (Å²) >= 11 is 0. The molecular weight excluding hydrogens is 243 g/mol. The van der Waals surface area contributed by atoms with Crippen molar-refractivity contribution in [3.8, 4) is 0 Å². The number of hydrogen-bond donors (Lipinski definition) is 2. The molecule has 3 nitrogen and oxygen atoms in total. The average Bonchev–Trinajstić information content (AvgIpc) is 2.12. The van der Waals surface area contributed by atoms with Crippen LogP contribution < -0.4 is 0 Å². The zero-order valence-corrected chi connectivity index (χ0v) is 4.09. The summed E-state index contributed by atoms with van der Waals surface area (Å²) in [6.07, 6.45) is 1.57. The van der Waals surface area contributed by atoms with Crippen molar-refractivity contribution in [2.75, 3.05) is 0 Å². The molecule has 1 aromatic rings. The van der Waals surface area contributed by atoms with E-state index in [-0.39, 0.29) is 54.6 Å². The number of hydrogen-bond acceptors (Lipinski definition) is 1. The normalized spacial score (nSPS) is 8.00. The van der Waals surface area contributed by atoms with Crippen LogP contribution in [0, 0.1) is 0 Å². The Hall–Kier alpha value is 0.321. The zero-order chi connectivity index (χ0) is 5.98. The van der Waals surface area contributed by atoms with Gasteiger partial charge in [0.1, 0.15) is 5.69 Å². The third-order valence-electron chi connectivity index (χ3n) is 0.828. The van der Waals surface area contributed by atoms with Crippen molar-refractivity contribution in [3.05, 3.63) is 24.0 Å². The minimum atomic E-state index is -0.921. The molecule has 0 saturated carbocycles. The molecule has 46 valence electrons. The Balaban J connectivity index is 0.000000640. The second-order valence-electron chi connectivity index (χ2n) is 1.39. The van der Waals surface area contributed by atoms with Gasteiger partial charge >= 0.3 is 54.9 Å². The van der Waals surface area contributed by atoms with Crippen LogP contribution in [-0.4, -0.2) is 64.9 Å². The molecule has 1 heterocycles. The van der Waals surface area contributed by atoms with E-state index in [1.165, 1.54) is 6.07 Å². The van der Waals surface area contributed by atoms with Crippen LogP contribution in [0.15, 0.2) is 18.3 Å². The van der Waals surface area contributed by atoms with Crippen LogP contribution >= 0.6 is 0 Å². The molecule has 1 rings (SSSR count). The standard InChI is InChI=1S/C5H5NO2.Ba.2H/c7-5(8)4-2-1-3-6-4;;;/h1-3,6H,(H,7,8);;;. The van der Waals surface area contributed by atoms with Crippen molar-refractivity contribution in [1.29, 1.82) is 0 Å². The van der Waals surface area contributed by atoms with Gasteiger partial charge in [-0.2, -0.15) is 0 Å². The summed E-state index contributed by atoms with van der Waals surface area (Å²) in [6.45, 7) is 0. The Labute approximate surface area is 92.5 Å². The van der Waals surface area contributed by atoms with E-state index in [1.54, 1.807) is 12.3 Å². The van der Waals surface area contributed by atoms with Crippen molar-refractivity contribution in [2.45, 2.75) is 0 Å². The fraction of sp³-hybridized carbons (Fsp3) is 0. The van der Waals surface area contributed by atoms with Gasteiger partial charge in [-0.15, -0.1) is 0 Å². The van der Waals surface area contributed by atoms with E-state index in [1.807, 2.05) is 0 Å². The SMILES string of the molecule is O=C(O)c1ccc[nH]1.[BaH2]. The molecule has 0 atom stereocenters. The quantitative estimate of drug-likeness (QED) is 0.678.